The normalized spacial score (nSPS) is 20.8. The van der Waals surface area contributed by atoms with Crippen molar-refractivity contribution in [2.24, 2.45) is 0 Å². The maximum atomic E-state index is 12.6. The van der Waals surface area contributed by atoms with E-state index in [0.29, 0.717) is 30.5 Å². The molecular formula is C17H20N2O4. The first-order chi connectivity index (χ1) is 11.1. The molecule has 2 fully saturated rings. The van der Waals surface area contributed by atoms with E-state index in [1.54, 1.807) is 29.2 Å². The molecule has 0 radical (unpaired) electrons. The molecule has 0 spiro atoms. The van der Waals surface area contributed by atoms with Crippen molar-refractivity contribution >= 4 is 17.8 Å². The van der Waals surface area contributed by atoms with Gasteiger partial charge in [0.2, 0.25) is 0 Å². The van der Waals surface area contributed by atoms with Gasteiger partial charge in [-0.3, -0.25) is 9.59 Å². The van der Waals surface area contributed by atoms with Crippen molar-refractivity contribution in [3.63, 3.8) is 0 Å². The molecule has 2 saturated heterocycles. The summed E-state index contributed by atoms with van der Waals surface area (Å²) in [5, 5.41) is 9.21. The maximum absolute atomic E-state index is 12.6. The molecule has 6 heteroatoms. The van der Waals surface area contributed by atoms with Gasteiger partial charge in [-0.1, -0.05) is 6.07 Å². The topological polar surface area (TPSA) is 77.9 Å². The van der Waals surface area contributed by atoms with Gasteiger partial charge in [0.05, 0.1) is 0 Å². The minimum absolute atomic E-state index is 0.0617. The van der Waals surface area contributed by atoms with Crippen LogP contribution in [-0.2, 0) is 4.79 Å². The van der Waals surface area contributed by atoms with Crippen LogP contribution in [0.3, 0.4) is 0 Å². The third-order valence-electron chi connectivity index (χ3n) is 4.55. The number of amides is 2. The number of hydrogen-bond acceptors (Lipinski definition) is 3. The van der Waals surface area contributed by atoms with Crippen molar-refractivity contribution in [1.29, 1.82) is 0 Å². The van der Waals surface area contributed by atoms with Gasteiger partial charge in [0.25, 0.3) is 11.8 Å². The van der Waals surface area contributed by atoms with Gasteiger partial charge in [0, 0.05) is 30.8 Å². The van der Waals surface area contributed by atoms with Crippen LogP contribution < -0.4 is 0 Å². The summed E-state index contributed by atoms with van der Waals surface area (Å²) in [5.74, 6) is -1.35. The van der Waals surface area contributed by atoms with Crippen molar-refractivity contribution < 1.29 is 19.5 Å². The average Bonchev–Trinajstić information content (AvgIpc) is 3.24. The van der Waals surface area contributed by atoms with Crippen molar-refractivity contribution in [3.05, 3.63) is 35.4 Å². The van der Waals surface area contributed by atoms with Crippen LogP contribution in [0.5, 0.6) is 0 Å². The Kier molecular flexibility index (Phi) is 4.32. The van der Waals surface area contributed by atoms with E-state index < -0.39 is 12.0 Å². The molecule has 1 aromatic carbocycles. The van der Waals surface area contributed by atoms with Crippen LogP contribution in [0.2, 0.25) is 0 Å². The number of rotatable bonds is 3. The zero-order valence-corrected chi connectivity index (χ0v) is 12.9. The van der Waals surface area contributed by atoms with Crippen molar-refractivity contribution in [3.8, 4) is 0 Å². The molecule has 2 heterocycles. The minimum Gasteiger partial charge on any atom is -0.480 e. The lowest BCUT2D eigenvalue weighted by molar-refractivity contribution is -0.141. The van der Waals surface area contributed by atoms with E-state index in [1.165, 1.54) is 4.90 Å². The second kappa shape index (κ2) is 6.40. The molecule has 0 bridgehead atoms. The first-order valence-corrected chi connectivity index (χ1v) is 8.01. The Labute approximate surface area is 134 Å². The smallest absolute Gasteiger partial charge is 0.326 e. The predicted molar refractivity (Wildman–Crippen MR) is 83.3 cm³/mol. The van der Waals surface area contributed by atoms with Gasteiger partial charge in [0.15, 0.2) is 0 Å². The van der Waals surface area contributed by atoms with E-state index >= 15 is 0 Å². The maximum Gasteiger partial charge on any atom is 0.326 e. The number of carbonyl (C=O) groups excluding carboxylic acids is 2. The molecule has 2 amide bonds. The van der Waals surface area contributed by atoms with Crippen LogP contribution in [0, 0.1) is 0 Å². The van der Waals surface area contributed by atoms with Gasteiger partial charge in [-0.05, 0) is 43.9 Å². The fraction of sp³-hybridized carbons (Fsp3) is 0.471. The third kappa shape index (κ3) is 3.06. The monoisotopic (exact) mass is 316 g/mol. The molecule has 0 aliphatic carbocycles. The lowest BCUT2D eigenvalue weighted by Crippen LogP contribution is -2.40. The number of hydrogen-bond donors (Lipinski definition) is 1. The minimum atomic E-state index is -0.972. The SMILES string of the molecule is O=C(O)[C@@H]1CCCN1C(=O)c1cccc(C(=O)N2CCCC2)c1. The van der Waals surface area contributed by atoms with Gasteiger partial charge in [-0.2, -0.15) is 0 Å². The lowest BCUT2D eigenvalue weighted by atomic mass is 10.1. The van der Waals surface area contributed by atoms with Crippen molar-refractivity contribution in [2.45, 2.75) is 31.7 Å². The van der Waals surface area contributed by atoms with E-state index in [9.17, 15) is 19.5 Å². The summed E-state index contributed by atoms with van der Waals surface area (Å²) in [7, 11) is 0. The van der Waals surface area contributed by atoms with Crippen molar-refractivity contribution in [1.82, 2.24) is 9.80 Å². The van der Waals surface area contributed by atoms with Gasteiger partial charge in [-0.15, -0.1) is 0 Å². The number of aliphatic carboxylic acids is 1. The summed E-state index contributed by atoms with van der Waals surface area (Å²) >= 11 is 0. The quantitative estimate of drug-likeness (QED) is 0.919. The Morgan fingerprint density at radius 3 is 2.26 bits per heavy atom. The second-order valence-corrected chi connectivity index (χ2v) is 6.07. The van der Waals surface area contributed by atoms with E-state index in [1.807, 2.05) is 0 Å². The highest BCUT2D eigenvalue weighted by Crippen LogP contribution is 2.21. The van der Waals surface area contributed by atoms with Gasteiger partial charge in [-0.25, -0.2) is 4.79 Å². The Morgan fingerprint density at radius 2 is 1.61 bits per heavy atom. The van der Waals surface area contributed by atoms with Gasteiger partial charge in [0.1, 0.15) is 6.04 Å². The molecule has 0 unspecified atom stereocenters. The van der Waals surface area contributed by atoms with E-state index in [0.717, 1.165) is 25.9 Å². The fourth-order valence-electron chi connectivity index (χ4n) is 3.32. The standard InChI is InChI=1S/C17H20N2O4/c20-15(18-8-1-2-9-18)12-5-3-6-13(11-12)16(21)19-10-4-7-14(19)17(22)23/h3,5-6,11,14H,1-2,4,7-10H2,(H,22,23)/t14-/m0/s1. The van der Waals surface area contributed by atoms with Crippen LogP contribution in [0.4, 0.5) is 0 Å². The fourth-order valence-corrected chi connectivity index (χ4v) is 3.32. The highest BCUT2D eigenvalue weighted by Gasteiger charge is 2.34. The first-order valence-electron chi connectivity index (χ1n) is 8.01. The molecular weight excluding hydrogens is 296 g/mol. The Bertz CT molecular complexity index is 637. The molecule has 122 valence electrons. The summed E-state index contributed by atoms with van der Waals surface area (Å²) in [5.41, 5.74) is 0.868. The van der Waals surface area contributed by atoms with Gasteiger partial charge < -0.3 is 14.9 Å². The number of likely N-dealkylation sites (tertiary alicyclic amines) is 2. The summed E-state index contributed by atoms with van der Waals surface area (Å²) in [6.45, 7) is 1.95. The van der Waals surface area contributed by atoms with E-state index in [2.05, 4.69) is 0 Å². The van der Waals surface area contributed by atoms with Crippen LogP contribution in [0.25, 0.3) is 0 Å². The number of carboxylic acid groups (broad SMARTS) is 1. The number of nitrogens with zero attached hydrogens (tertiary/aromatic N) is 2. The number of carboxylic acids is 1. The molecule has 3 rings (SSSR count). The Balaban J connectivity index is 1.80. The molecule has 0 aromatic heterocycles. The third-order valence-corrected chi connectivity index (χ3v) is 4.55. The lowest BCUT2D eigenvalue weighted by Gasteiger charge is -2.22. The highest BCUT2D eigenvalue weighted by molar-refractivity contribution is 6.01. The molecule has 1 aromatic rings. The summed E-state index contributed by atoms with van der Waals surface area (Å²) in [6.07, 6.45) is 3.19. The average molecular weight is 316 g/mol. The van der Waals surface area contributed by atoms with Crippen LogP contribution >= 0.6 is 0 Å². The molecule has 0 saturated carbocycles. The van der Waals surface area contributed by atoms with Crippen LogP contribution in [-0.4, -0.2) is 58.4 Å². The predicted octanol–water partition coefficient (Wildman–Crippen LogP) is 1.61. The molecule has 2 aliphatic heterocycles. The zero-order valence-electron chi connectivity index (χ0n) is 12.9. The molecule has 1 atom stereocenters. The largest absolute Gasteiger partial charge is 0.480 e. The number of benzene rings is 1. The second-order valence-electron chi connectivity index (χ2n) is 6.07. The Hall–Kier alpha value is -2.37. The molecule has 2 aliphatic rings. The number of carbonyl (C=O) groups is 3. The summed E-state index contributed by atoms with van der Waals surface area (Å²) in [4.78, 5) is 39.4. The summed E-state index contributed by atoms with van der Waals surface area (Å²) in [6, 6.07) is 5.85. The molecule has 1 N–H and O–H groups in total. The first kappa shape index (κ1) is 15.5. The van der Waals surface area contributed by atoms with E-state index in [4.69, 9.17) is 0 Å². The molecule has 6 nitrogen and oxygen atoms in total. The molecule has 23 heavy (non-hydrogen) atoms. The van der Waals surface area contributed by atoms with E-state index in [-0.39, 0.29) is 11.8 Å². The zero-order chi connectivity index (χ0) is 16.4. The summed E-state index contributed by atoms with van der Waals surface area (Å²) < 4.78 is 0. The van der Waals surface area contributed by atoms with Crippen molar-refractivity contribution in [2.75, 3.05) is 19.6 Å². The van der Waals surface area contributed by atoms with Crippen LogP contribution in [0.1, 0.15) is 46.4 Å². The highest BCUT2D eigenvalue weighted by atomic mass is 16.4. The van der Waals surface area contributed by atoms with Crippen LogP contribution in [0.15, 0.2) is 24.3 Å². The van der Waals surface area contributed by atoms with Gasteiger partial charge >= 0.3 is 5.97 Å². The Morgan fingerprint density at radius 1 is 0.957 bits per heavy atom.